The van der Waals surface area contributed by atoms with Crippen molar-refractivity contribution in [3.8, 4) is 6.07 Å². The number of halogens is 8. The molecule has 0 aliphatic heterocycles. The summed E-state index contributed by atoms with van der Waals surface area (Å²) in [5.41, 5.74) is -6.02. The number of benzene rings is 3. The summed E-state index contributed by atoms with van der Waals surface area (Å²) in [4.78, 5) is 6.11. The topological polar surface area (TPSA) is 48.1 Å². The third kappa shape index (κ3) is 5.27. The smallest absolute Gasteiger partial charge is 0.262 e. The van der Waals surface area contributed by atoms with Crippen molar-refractivity contribution in [2.75, 3.05) is 4.90 Å². The second kappa shape index (κ2) is 11.2. The van der Waals surface area contributed by atoms with Gasteiger partial charge in [0, 0.05) is 12.1 Å². The molecule has 0 spiro atoms. The lowest BCUT2D eigenvalue weighted by Gasteiger charge is -2.29. The number of nitriles is 1. The fourth-order valence-electron chi connectivity index (χ4n) is 3.96. The van der Waals surface area contributed by atoms with E-state index in [1.807, 2.05) is 0 Å². The van der Waals surface area contributed by atoms with Gasteiger partial charge in [-0.2, -0.15) is 11.8 Å². The van der Waals surface area contributed by atoms with Gasteiger partial charge in [-0.3, -0.25) is 0 Å². The zero-order valence-corrected chi connectivity index (χ0v) is 20.0. The Bertz CT molecular complexity index is 1750. The molecule has 202 valence electrons. The predicted molar refractivity (Wildman–Crippen MR) is 131 cm³/mol. The predicted octanol–water partition coefficient (Wildman–Crippen LogP) is 8.19. The first-order valence-corrected chi connectivity index (χ1v) is 11.0. The average Bonchev–Trinajstić information content (AvgIpc) is 2.90. The molecule has 5 nitrogen and oxygen atoms in total. The van der Waals surface area contributed by atoms with E-state index < -0.39 is 80.3 Å². The first-order valence-electron chi connectivity index (χ1n) is 11.0. The fraction of sp³-hybridized carbons (Fsp3) is 0. The van der Waals surface area contributed by atoms with E-state index in [4.69, 9.17) is 13.1 Å². The first-order chi connectivity index (χ1) is 19.5. The van der Waals surface area contributed by atoms with E-state index in [2.05, 4.69) is 14.9 Å². The normalized spacial score (nSPS) is 14.7. The van der Waals surface area contributed by atoms with E-state index in [9.17, 15) is 40.4 Å². The largest absolute Gasteiger partial charge is 0.308 e. The fourth-order valence-corrected chi connectivity index (χ4v) is 3.96. The molecule has 4 rings (SSSR count). The summed E-state index contributed by atoms with van der Waals surface area (Å²) in [6, 6.07) is 5.42. The van der Waals surface area contributed by atoms with Crippen molar-refractivity contribution < 1.29 is 35.1 Å². The van der Waals surface area contributed by atoms with Crippen LogP contribution in [0.15, 0.2) is 71.0 Å². The molecule has 1 aliphatic rings. The van der Waals surface area contributed by atoms with Crippen LogP contribution in [0.5, 0.6) is 0 Å². The highest BCUT2D eigenvalue weighted by molar-refractivity contribution is 6.14. The van der Waals surface area contributed by atoms with Gasteiger partial charge in [0.1, 0.15) is 29.3 Å². The van der Waals surface area contributed by atoms with Crippen LogP contribution in [0.2, 0.25) is 0 Å². The van der Waals surface area contributed by atoms with E-state index in [0.717, 1.165) is 47.4 Å². The molecule has 1 aliphatic carbocycles. The highest BCUT2D eigenvalue weighted by atomic mass is 19.2. The zero-order valence-electron chi connectivity index (χ0n) is 20.0. The van der Waals surface area contributed by atoms with Gasteiger partial charge in [0.25, 0.3) is 5.69 Å². The Hall–Kier alpha value is -5.74. The molecular formula is C28H9F8N5. The van der Waals surface area contributed by atoms with Crippen molar-refractivity contribution in [2.24, 2.45) is 5.10 Å². The van der Waals surface area contributed by atoms with Gasteiger partial charge in [-0.05, 0) is 42.0 Å². The Morgan fingerprint density at radius 1 is 0.732 bits per heavy atom. The quantitative estimate of drug-likeness (QED) is 0.105. The number of allylic oxidation sites excluding steroid dienone is 5. The molecule has 0 fully saturated rings. The van der Waals surface area contributed by atoms with E-state index in [1.165, 1.54) is 6.07 Å². The monoisotopic (exact) mass is 567 g/mol. The molecule has 0 saturated carbocycles. The summed E-state index contributed by atoms with van der Waals surface area (Å²) in [6.45, 7) is 13.9. The van der Waals surface area contributed by atoms with Crippen LogP contribution < -0.4 is 4.90 Å². The van der Waals surface area contributed by atoms with Crippen LogP contribution >= 0.6 is 0 Å². The molecule has 0 unspecified atom stereocenters. The molecule has 0 amide bonds. The van der Waals surface area contributed by atoms with Gasteiger partial charge in [-0.1, -0.05) is 6.08 Å². The second-order valence-corrected chi connectivity index (χ2v) is 8.07. The number of nitrogens with zero attached hydrogens (tertiary/aromatic N) is 5. The molecule has 0 heterocycles. The van der Waals surface area contributed by atoms with Crippen molar-refractivity contribution in [1.29, 1.82) is 5.26 Å². The van der Waals surface area contributed by atoms with Gasteiger partial charge in [0.2, 0.25) is 0 Å². The molecule has 0 aromatic heterocycles. The van der Waals surface area contributed by atoms with E-state index in [1.54, 1.807) is 0 Å². The van der Waals surface area contributed by atoms with Gasteiger partial charge >= 0.3 is 0 Å². The lowest BCUT2D eigenvalue weighted by molar-refractivity contribution is 0.457. The third-order valence-corrected chi connectivity index (χ3v) is 5.59. The van der Waals surface area contributed by atoms with Crippen molar-refractivity contribution in [2.45, 2.75) is 0 Å². The Morgan fingerprint density at radius 2 is 1.22 bits per heavy atom. The van der Waals surface area contributed by atoms with Crippen molar-refractivity contribution in [3.05, 3.63) is 141 Å². The Kier molecular flexibility index (Phi) is 7.70. The summed E-state index contributed by atoms with van der Waals surface area (Å²) in [7, 11) is 0. The van der Waals surface area contributed by atoms with E-state index >= 15 is 0 Å². The number of hydrogen-bond acceptors (Lipinski definition) is 3. The SMILES string of the molecule is [C-]#[N+]/N=C1C=C/C(=C(/C#N)c2c(F)c(F)c([N+]#[C-])c(F)c2F)C=C\1N(c1cc(F)cc(F)c1)c1cc(F)cc(F)c1. The number of anilines is 2. The van der Waals surface area contributed by atoms with Crippen molar-refractivity contribution in [3.63, 3.8) is 0 Å². The summed E-state index contributed by atoms with van der Waals surface area (Å²) in [5.74, 6) is -12.7. The minimum atomic E-state index is -2.06. The summed E-state index contributed by atoms with van der Waals surface area (Å²) >= 11 is 0. The van der Waals surface area contributed by atoms with Gasteiger partial charge < -0.3 is 4.90 Å². The molecule has 41 heavy (non-hydrogen) atoms. The Labute approximate surface area is 226 Å². The van der Waals surface area contributed by atoms with Crippen LogP contribution in [0.3, 0.4) is 0 Å². The van der Waals surface area contributed by atoms with Crippen molar-refractivity contribution >= 4 is 28.3 Å². The van der Waals surface area contributed by atoms with Gasteiger partial charge in [-0.25, -0.2) is 40.0 Å². The number of rotatable bonds is 4. The summed E-state index contributed by atoms with van der Waals surface area (Å²) in [5, 5.41) is 13.3. The molecule has 3 aromatic carbocycles. The van der Waals surface area contributed by atoms with Crippen molar-refractivity contribution in [1.82, 2.24) is 0 Å². The summed E-state index contributed by atoms with van der Waals surface area (Å²) < 4.78 is 115. The maximum Gasteiger partial charge on any atom is 0.262 e. The van der Waals surface area contributed by atoms with Crippen LogP contribution in [-0.4, -0.2) is 5.71 Å². The van der Waals surface area contributed by atoms with E-state index in [-0.39, 0.29) is 11.4 Å². The number of hydrogen-bond donors (Lipinski definition) is 0. The molecule has 0 atom stereocenters. The zero-order chi connectivity index (χ0) is 30.0. The van der Waals surface area contributed by atoms with Gasteiger partial charge in [0.15, 0.2) is 29.0 Å². The minimum Gasteiger partial charge on any atom is -0.308 e. The van der Waals surface area contributed by atoms with E-state index in [0.29, 0.717) is 12.1 Å². The van der Waals surface area contributed by atoms with Crippen LogP contribution in [0.1, 0.15) is 5.56 Å². The second-order valence-electron chi connectivity index (χ2n) is 8.07. The molecule has 0 radical (unpaired) electrons. The third-order valence-electron chi connectivity index (χ3n) is 5.59. The van der Waals surface area contributed by atoms with Crippen LogP contribution in [-0.2, 0) is 0 Å². The maximum absolute atomic E-state index is 14.8. The average molecular weight is 567 g/mol. The van der Waals surface area contributed by atoms with Crippen LogP contribution in [0.25, 0.3) is 15.4 Å². The highest BCUT2D eigenvalue weighted by Crippen LogP contribution is 2.38. The molecular weight excluding hydrogens is 558 g/mol. The maximum atomic E-state index is 14.8. The molecule has 0 bridgehead atoms. The lowest BCUT2D eigenvalue weighted by Crippen LogP contribution is -2.24. The molecule has 3 aromatic rings. The lowest BCUT2D eigenvalue weighted by atomic mass is 9.94. The minimum absolute atomic E-state index is 0.308. The first kappa shape index (κ1) is 28.3. The van der Waals surface area contributed by atoms with Crippen LogP contribution in [0.4, 0.5) is 52.2 Å². The van der Waals surface area contributed by atoms with Crippen LogP contribution in [0, 0.1) is 71.0 Å². The van der Waals surface area contributed by atoms with Gasteiger partial charge in [-0.15, -0.1) is 4.95 Å². The van der Waals surface area contributed by atoms with Gasteiger partial charge in [0.05, 0.1) is 39.9 Å². The standard InChI is InChI=1S/C28H9F8N5/c1-38-28-26(35)24(33)23(25(34)27(28)36)20(12-37)13-3-4-21(40-39-2)22(5-13)41(18-8-14(29)6-15(30)9-18)19-10-16(31)7-17(32)11-19/h3-11H/b20-13+,40-21+. The molecule has 13 heteroatoms. The molecule has 0 N–H and O–H groups in total. The molecule has 0 saturated heterocycles. The Balaban J connectivity index is 2.10. The Morgan fingerprint density at radius 3 is 1.63 bits per heavy atom. The highest BCUT2D eigenvalue weighted by Gasteiger charge is 2.31. The summed E-state index contributed by atoms with van der Waals surface area (Å²) in [6.07, 6.45) is 2.89.